The largest absolute Gasteiger partial charge is 0.376 e. The molecular weight excluding hydrogens is 180 g/mol. The molecule has 0 spiro atoms. The van der Waals surface area contributed by atoms with Crippen molar-refractivity contribution in [2.45, 2.75) is 25.4 Å². The van der Waals surface area contributed by atoms with Crippen LogP contribution in [0.15, 0.2) is 0 Å². The number of amides is 1. The molecule has 14 heavy (non-hydrogen) atoms. The zero-order valence-corrected chi connectivity index (χ0v) is 8.50. The number of rotatable bonds is 2. The van der Waals surface area contributed by atoms with Crippen molar-refractivity contribution in [2.75, 3.05) is 32.8 Å². The molecule has 2 saturated heterocycles. The summed E-state index contributed by atoms with van der Waals surface area (Å²) in [6.45, 7) is 4.23. The zero-order chi connectivity index (χ0) is 9.80. The molecule has 2 fully saturated rings. The first-order chi connectivity index (χ1) is 6.86. The Morgan fingerprint density at radius 1 is 1.50 bits per heavy atom. The van der Waals surface area contributed by atoms with Crippen molar-refractivity contribution in [3.05, 3.63) is 0 Å². The molecule has 80 valence electrons. The Labute approximate surface area is 84.6 Å². The van der Waals surface area contributed by atoms with Gasteiger partial charge in [-0.15, -0.1) is 0 Å². The highest BCUT2D eigenvalue weighted by molar-refractivity contribution is 5.76. The van der Waals surface area contributed by atoms with E-state index in [4.69, 9.17) is 4.74 Å². The molecule has 1 atom stereocenters. The molecule has 0 aliphatic carbocycles. The van der Waals surface area contributed by atoms with Gasteiger partial charge in [0, 0.05) is 39.2 Å². The molecule has 0 saturated carbocycles. The van der Waals surface area contributed by atoms with Gasteiger partial charge in [0.05, 0.1) is 6.10 Å². The van der Waals surface area contributed by atoms with Crippen LogP contribution in [0.5, 0.6) is 0 Å². The summed E-state index contributed by atoms with van der Waals surface area (Å²) in [4.78, 5) is 13.6. The average Bonchev–Trinajstić information content (AvgIpc) is 2.60. The summed E-state index contributed by atoms with van der Waals surface area (Å²) in [6, 6.07) is 0. The van der Waals surface area contributed by atoms with Crippen molar-refractivity contribution in [1.82, 2.24) is 10.2 Å². The summed E-state index contributed by atoms with van der Waals surface area (Å²) in [5, 5.41) is 3.23. The van der Waals surface area contributed by atoms with Gasteiger partial charge in [0.15, 0.2) is 0 Å². The second-order valence-electron chi connectivity index (χ2n) is 3.97. The van der Waals surface area contributed by atoms with Crippen molar-refractivity contribution in [1.29, 1.82) is 0 Å². The minimum atomic E-state index is 0.269. The van der Waals surface area contributed by atoms with E-state index in [-0.39, 0.29) is 12.0 Å². The number of nitrogens with one attached hydrogen (secondary N) is 1. The molecule has 2 aliphatic heterocycles. The SMILES string of the molecule is O=C1CCNCCN1C[C@H]1CCCO1. The van der Waals surface area contributed by atoms with Crippen LogP contribution in [0.3, 0.4) is 0 Å². The third-order valence-corrected chi connectivity index (χ3v) is 2.87. The highest BCUT2D eigenvalue weighted by Crippen LogP contribution is 2.14. The number of hydrogen-bond donors (Lipinski definition) is 1. The molecule has 0 radical (unpaired) electrons. The van der Waals surface area contributed by atoms with E-state index in [1.807, 2.05) is 4.90 Å². The predicted molar refractivity (Wildman–Crippen MR) is 53.0 cm³/mol. The monoisotopic (exact) mass is 198 g/mol. The normalized spacial score (nSPS) is 29.3. The standard InChI is InChI=1S/C10H18N2O2/c13-10-3-4-11-5-6-12(10)8-9-2-1-7-14-9/h9,11H,1-8H2/t9-/m1/s1. The van der Waals surface area contributed by atoms with Crippen LogP contribution >= 0.6 is 0 Å². The van der Waals surface area contributed by atoms with E-state index in [2.05, 4.69) is 5.32 Å². The molecular formula is C10H18N2O2. The molecule has 1 N–H and O–H groups in total. The van der Waals surface area contributed by atoms with E-state index >= 15 is 0 Å². The molecule has 4 nitrogen and oxygen atoms in total. The van der Waals surface area contributed by atoms with Gasteiger partial charge < -0.3 is 15.0 Å². The predicted octanol–water partition coefficient (Wildman–Crippen LogP) is -0.0127. The van der Waals surface area contributed by atoms with Gasteiger partial charge in [0.1, 0.15) is 0 Å². The summed E-state index contributed by atoms with van der Waals surface area (Å²) in [7, 11) is 0. The van der Waals surface area contributed by atoms with Gasteiger partial charge in [-0.3, -0.25) is 4.79 Å². The van der Waals surface area contributed by atoms with Crippen LogP contribution in [0.1, 0.15) is 19.3 Å². The molecule has 0 bridgehead atoms. The van der Waals surface area contributed by atoms with Crippen LogP contribution in [-0.4, -0.2) is 49.7 Å². The quantitative estimate of drug-likeness (QED) is 0.678. The molecule has 2 heterocycles. The van der Waals surface area contributed by atoms with Crippen molar-refractivity contribution < 1.29 is 9.53 Å². The fourth-order valence-corrected chi connectivity index (χ4v) is 2.04. The molecule has 0 aromatic heterocycles. The minimum Gasteiger partial charge on any atom is -0.376 e. The summed E-state index contributed by atoms with van der Waals surface area (Å²) < 4.78 is 5.53. The second kappa shape index (κ2) is 4.75. The summed E-state index contributed by atoms with van der Waals surface area (Å²) in [5.41, 5.74) is 0. The topological polar surface area (TPSA) is 41.6 Å². The van der Waals surface area contributed by atoms with Crippen molar-refractivity contribution in [2.24, 2.45) is 0 Å². The van der Waals surface area contributed by atoms with Crippen molar-refractivity contribution >= 4 is 5.91 Å². The first-order valence-electron chi connectivity index (χ1n) is 5.46. The first kappa shape index (κ1) is 9.93. The Morgan fingerprint density at radius 2 is 2.43 bits per heavy atom. The van der Waals surface area contributed by atoms with Crippen LogP contribution in [-0.2, 0) is 9.53 Å². The minimum absolute atomic E-state index is 0.269. The third-order valence-electron chi connectivity index (χ3n) is 2.87. The highest BCUT2D eigenvalue weighted by Gasteiger charge is 2.23. The van der Waals surface area contributed by atoms with E-state index in [1.165, 1.54) is 0 Å². The van der Waals surface area contributed by atoms with E-state index in [0.717, 1.165) is 45.6 Å². The Hall–Kier alpha value is -0.610. The molecule has 1 amide bonds. The maximum Gasteiger partial charge on any atom is 0.223 e. The number of nitrogens with zero attached hydrogens (tertiary/aromatic N) is 1. The fourth-order valence-electron chi connectivity index (χ4n) is 2.04. The lowest BCUT2D eigenvalue weighted by molar-refractivity contribution is -0.131. The molecule has 2 rings (SSSR count). The summed E-state index contributed by atoms with van der Waals surface area (Å²) in [6.07, 6.45) is 3.17. The lowest BCUT2D eigenvalue weighted by Gasteiger charge is -2.23. The van der Waals surface area contributed by atoms with Gasteiger partial charge in [-0.25, -0.2) is 0 Å². The Bertz CT molecular complexity index is 202. The smallest absolute Gasteiger partial charge is 0.223 e. The zero-order valence-electron chi connectivity index (χ0n) is 8.50. The molecule has 0 aromatic rings. The van der Waals surface area contributed by atoms with Crippen LogP contribution in [0.4, 0.5) is 0 Å². The molecule has 0 unspecified atom stereocenters. The number of ether oxygens (including phenoxy) is 1. The van der Waals surface area contributed by atoms with Gasteiger partial charge in [0.2, 0.25) is 5.91 Å². The summed E-state index contributed by atoms with van der Waals surface area (Å²) >= 11 is 0. The van der Waals surface area contributed by atoms with E-state index < -0.39 is 0 Å². The van der Waals surface area contributed by atoms with Gasteiger partial charge in [-0.2, -0.15) is 0 Å². The van der Waals surface area contributed by atoms with Crippen LogP contribution in [0, 0.1) is 0 Å². The Balaban J connectivity index is 1.84. The second-order valence-corrected chi connectivity index (χ2v) is 3.97. The van der Waals surface area contributed by atoms with Gasteiger partial charge in [-0.05, 0) is 12.8 Å². The van der Waals surface area contributed by atoms with Gasteiger partial charge in [-0.1, -0.05) is 0 Å². The summed E-state index contributed by atoms with van der Waals surface area (Å²) in [5.74, 6) is 0.269. The van der Waals surface area contributed by atoms with Crippen molar-refractivity contribution in [3.63, 3.8) is 0 Å². The maximum absolute atomic E-state index is 11.6. The lowest BCUT2D eigenvalue weighted by Crippen LogP contribution is -2.38. The number of carbonyl (C=O) groups excluding carboxylic acids is 1. The van der Waals surface area contributed by atoms with E-state index in [9.17, 15) is 4.79 Å². The first-order valence-corrected chi connectivity index (χ1v) is 5.46. The fraction of sp³-hybridized carbons (Fsp3) is 0.900. The Kier molecular flexibility index (Phi) is 3.37. The molecule has 2 aliphatic rings. The lowest BCUT2D eigenvalue weighted by atomic mass is 10.2. The molecule has 0 aromatic carbocycles. The average molecular weight is 198 g/mol. The van der Waals surface area contributed by atoms with E-state index in [1.54, 1.807) is 0 Å². The van der Waals surface area contributed by atoms with E-state index in [0.29, 0.717) is 6.42 Å². The van der Waals surface area contributed by atoms with Crippen LogP contribution < -0.4 is 5.32 Å². The highest BCUT2D eigenvalue weighted by atomic mass is 16.5. The third kappa shape index (κ3) is 2.45. The van der Waals surface area contributed by atoms with Gasteiger partial charge >= 0.3 is 0 Å². The number of hydrogen-bond acceptors (Lipinski definition) is 3. The number of carbonyl (C=O) groups is 1. The van der Waals surface area contributed by atoms with Crippen molar-refractivity contribution in [3.8, 4) is 0 Å². The van der Waals surface area contributed by atoms with Crippen LogP contribution in [0.2, 0.25) is 0 Å². The molecule has 4 heteroatoms. The van der Waals surface area contributed by atoms with Crippen LogP contribution in [0.25, 0.3) is 0 Å². The van der Waals surface area contributed by atoms with Gasteiger partial charge in [0.25, 0.3) is 0 Å². The Morgan fingerprint density at radius 3 is 3.21 bits per heavy atom. The maximum atomic E-state index is 11.6.